The van der Waals surface area contributed by atoms with E-state index in [1.165, 1.54) is 12.1 Å². The summed E-state index contributed by atoms with van der Waals surface area (Å²) < 4.78 is 11.2. The molecule has 142 valence electrons. The molecule has 9 heteroatoms. The largest absolute Gasteiger partial charge is 0.478 e. The molecule has 27 heavy (non-hydrogen) atoms. The molecule has 0 aliphatic carbocycles. The van der Waals surface area contributed by atoms with Gasteiger partial charge in [-0.3, -0.25) is 4.79 Å². The van der Waals surface area contributed by atoms with Crippen LogP contribution in [0.2, 0.25) is 0 Å². The second-order valence-electron chi connectivity index (χ2n) is 6.04. The highest BCUT2D eigenvalue weighted by atomic mass is 16.7. The molecule has 1 saturated heterocycles. The minimum Gasteiger partial charge on any atom is -0.478 e. The lowest BCUT2D eigenvalue weighted by Gasteiger charge is -2.23. The molecular formula is C18H18N2O7. The SMILES string of the molecule is Nc1[nH]c(=O)c(C(=O)O)c(-c2ccc(OC3CCCCO3)cc2)c1C(=O)O. The van der Waals surface area contributed by atoms with Gasteiger partial charge in [0.05, 0.1) is 6.61 Å². The van der Waals surface area contributed by atoms with Crippen molar-refractivity contribution < 1.29 is 29.3 Å². The Morgan fingerprint density at radius 2 is 1.78 bits per heavy atom. The van der Waals surface area contributed by atoms with Crippen LogP contribution in [0.1, 0.15) is 40.0 Å². The number of pyridine rings is 1. The van der Waals surface area contributed by atoms with Gasteiger partial charge in [0.25, 0.3) is 5.56 Å². The summed E-state index contributed by atoms with van der Waals surface area (Å²) in [6.45, 7) is 0.624. The number of ether oxygens (including phenoxy) is 2. The number of rotatable bonds is 5. The molecule has 1 aromatic heterocycles. The first-order chi connectivity index (χ1) is 12.9. The van der Waals surface area contributed by atoms with Crippen molar-refractivity contribution in [3.63, 3.8) is 0 Å². The lowest BCUT2D eigenvalue weighted by Crippen LogP contribution is -2.25. The van der Waals surface area contributed by atoms with Gasteiger partial charge in [-0.25, -0.2) is 9.59 Å². The maximum absolute atomic E-state index is 12.0. The fourth-order valence-corrected chi connectivity index (χ4v) is 2.99. The van der Waals surface area contributed by atoms with Crippen molar-refractivity contribution in [2.75, 3.05) is 12.3 Å². The van der Waals surface area contributed by atoms with Crippen molar-refractivity contribution in [3.05, 3.63) is 45.7 Å². The number of hydrogen-bond acceptors (Lipinski definition) is 6. The van der Waals surface area contributed by atoms with Gasteiger partial charge in [0, 0.05) is 12.0 Å². The number of aromatic nitrogens is 1. The molecule has 1 fully saturated rings. The zero-order valence-electron chi connectivity index (χ0n) is 14.2. The lowest BCUT2D eigenvalue weighted by molar-refractivity contribution is -0.105. The van der Waals surface area contributed by atoms with Gasteiger partial charge in [-0.1, -0.05) is 12.1 Å². The summed E-state index contributed by atoms with van der Waals surface area (Å²) in [7, 11) is 0. The highest BCUT2D eigenvalue weighted by molar-refractivity contribution is 6.07. The van der Waals surface area contributed by atoms with Gasteiger partial charge >= 0.3 is 11.9 Å². The molecule has 3 rings (SSSR count). The summed E-state index contributed by atoms with van der Waals surface area (Å²) in [5.74, 6) is -2.93. The molecule has 1 aliphatic heterocycles. The number of carbonyl (C=O) groups is 2. The molecule has 0 radical (unpaired) electrons. The number of hydrogen-bond donors (Lipinski definition) is 4. The smallest absolute Gasteiger partial charge is 0.342 e. The molecule has 0 saturated carbocycles. The molecule has 0 amide bonds. The lowest BCUT2D eigenvalue weighted by atomic mass is 9.95. The normalized spacial score (nSPS) is 16.7. The summed E-state index contributed by atoms with van der Waals surface area (Å²) in [5.41, 5.74) is 3.44. The van der Waals surface area contributed by atoms with Crippen LogP contribution in [0.25, 0.3) is 11.1 Å². The van der Waals surface area contributed by atoms with Crippen molar-refractivity contribution >= 4 is 17.8 Å². The van der Waals surface area contributed by atoms with Crippen molar-refractivity contribution in [2.45, 2.75) is 25.6 Å². The molecule has 1 aromatic carbocycles. The third-order valence-corrected chi connectivity index (χ3v) is 4.22. The number of nitrogen functional groups attached to an aromatic ring is 1. The number of benzene rings is 1. The summed E-state index contributed by atoms with van der Waals surface area (Å²) >= 11 is 0. The minimum absolute atomic E-state index is 0.222. The van der Waals surface area contributed by atoms with E-state index in [0.717, 1.165) is 19.3 Å². The Labute approximate surface area is 153 Å². The summed E-state index contributed by atoms with van der Waals surface area (Å²) in [4.78, 5) is 37.2. The minimum atomic E-state index is -1.55. The maximum Gasteiger partial charge on any atom is 0.342 e. The van der Waals surface area contributed by atoms with E-state index in [1.54, 1.807) is 12.1 Å². The molecule has 0 spiro atoms. The number of aromatic amines is 1. The van der Waals surface area contributed by atoms with Gasteiger partial charge in [0.15, 0.2) is 6.29 Å². The number of H-pyrrole nitrogens is 1. The molecular weight excluding hydrogens is 356 g/mol. The van der Waals surface area contributed by atoms with Crippen molar-refractivity contribution in [3.8, 4) is 16.9 Å². The maximum atomic E-state index is 12.0. The van der Waals surface area contributed by atoms with Crippen LogP contribution in [0.4, 0.5) is 5.82 Å². The molecule has 1 unspecified atom stereocenters. The van der Waals surface area contributed by atoms with E-state index in [9.17, 15) is 24.6 Å². The van der Waals surface area contributed by atoms with E-state index >= 15 is 0 Å². The summed E-state index contributed by atoms with van der Waals surface area (Å²) in [6, 6.07) is 6.07. The van der Waals surface area contributed by atoms with Crippen LogP contribution in [0.3, 0.4) is 0 Å². The van der Waals surface area contributed by atoms with Gasteiger partial charge in [0.1, 0.15) is 22.7 Å². The second kappa shape index (κ2) is 7.50. The Morgan fingerprint density at radius 3 is 2.33 bits per heavy atom. The van der Waals surface area contributed by atoms with E-state index < -0.39 is 34.4 Å². The van der Waals surface area contributed by atoms with Crippen LogP contribution in [0.15, 0.2) is 29.1 Å². The van der Waals surface area contributed by atoms with Crippen molar-refractivity contribution in [2.24, 2.45) is 0 Å². The molecule has 9 nitrogen and oxygen atoms in total. The molecule has 5 N–H and O–H groups in total. The quantitative estimate of drug-likeness (QED) is 0.619. The van der Waals surface area contributed by atoms with Gasteiger partial charge < -0.3 is 30.4 Å². The monoisotopic (exact) mass is 374 g/mol. The summed E-state index contributed by atoms with van der Waals surface area (Å²) in [6.07, 6.45) is 2.39. The highest BCUT2D eigenvalue weighted by Crippen LogP contribution is 2.31. The zero-order valence-corrected chi connectivity index (χ0v) is 14.2. The number of anilines is 1. The van der Waals surface area contributed by atoms with E-state index in [4.69, 9.17) is 15.2 Å². The van der Waals surface area contributed by atoms with Crippen molar-refractivity contribution in [1.82, 2.24) is 4.98 Å². The average Bonchev–Trinajstić information content (AvgIpc) is 2.62. The molecule has 2 heterocycles. The second-order valence-corrected chi connectivity index (χ2v) is 6.04. The third kappa shape index (κ3) is 3.77. The zero-order chi connectivity index (χ0) is 19.6. The average molecular weight is 374 g/mol. The van der Waals surface area contributed by atoms with Crippen LogP contribution >= 0.6 is 0 Å². The fraction of sp³-hybridized carbons (Fsp3) is 0.278. The van der Waals surface area contributed by atoms with E-state index in [-0.39, 0.29) is 17.4 Å². The summed E-state index contributed by atoms with van der Waals surface area (Å²) in [5, 5.41) is 18.8. The van der Waals surface area contributed by atoms with Crippen LogP contribution in [-0.4, -0.2) is 40.0 Å². The Balaban J connectivity index is 2.03. The van der Waals surface area contributed by atoms with Crippen molar-refractivity contribution in [1.29, 1.82) is 0 Å². The molecule has 2 aromatic rings. The standard InChI is InChI=1S/C18H18N2O7/c19-15-13(17(22)23)12(14(18(24)25)16(21)20-15)9-4-6-10(7-5-9)27-11-3-1-2-8-26-11/h4-7,11H,1-3,8H2,(H,22,23)(H,24,25)(H3,19,20,21). The van der Waals surface area contributed by atoms with Gasteiger partial charge in [0.2, 0.25) is 0 Å². The molecule has 1 aliphatic rings. The predicted octanol–water partition coefficient (Wildman–Crippen LogP) is 1.93. The Hall–Kier alpha value is -3.33. The van der Waals surface area contributed by atoms with Crippen LogP contribution in [-0.2, 0) is 4.74 Å². The number of nitrogens with two attached hydrogens (primary N) is 1. The van der Waals surface area contributed by atoms with Gasteiger partial charge in [-0.15, -0.1) is 0 Å². The third-order valence-electron chi connectivity index (χ3n) is 4.22. The van der Waals surface area contributed by atoms with Gasteiger partial charge in [-0.2, -0.15) is 0 Å². The van der Waals surface area contributed by atoms with E-state index in [1.807, 2.05) is 0 Å². The fourth-order valence-electron chi connectivity index (χ4n) is 2.99. The van der Waals surface area contributed by atoms with Crippen LogP contribution in [0.5, 0.6) is 5.75 Å². The predicted molar refractivity (Wildman–Crippen MR) is 95.0 cm³/mol. The van der Waals surface area contributed by atoms with Crippen LogP contribution in [0, 0.1) is 0 Å². The number of carboxylic acids is 2. The number of aromatic carboxylic acids is 2. The highest BCUT2D eigenvalue weighted by Gasteiger charge is 2.26. The molecule has 0 bridgehead atoms. The Bertz CT molecular complexity index is 928. The Morgan fingerprint density at radius 1 is 1.11 bits per heavy atom. The first-order valence-corrected chi connectivity index (χ1v) is 8.29. The van der Waals surface area contributed by atoms with E-state index in [0.29, 0.717) is 12.4 Å². The van der Waals surface area contributed by atoms with Crippen LogP contribution < -0.4 is 16.0 Å². The number of carboxylic acid groups (broad SMARTS) is 2. The number of nitrogens with one attached hydrogen (secondary N) is 1. The Kier molecular flexibility index (Phi) is 5.13. The topological polar surface area (TPSA) is 152 Å². The van der Waals surface area contributed by atoms with E-state index in [2.05, 4.69) is 4.98 Å². The molecule has 1 atom stereocenters. The van der Waals surface area contributed by atoms with Gasteiger partial charge in [-0.05, 0) is 30.5 Å². The first-order valence-electron chi connectivity index (χ1n) is 8.29. The first kappa shape index (κ1) is 18.5.